The highest BCUT2D eigenvalue weighted by atomic mass is 35.5. The molecule has 0 saturated carbocycles. The second kappa shape index (κ2) is 9.81. The van der Waals surface area contributed by atoms with Gasteiger partial charge in [-0.25, -0.2) is 9.37 Å². The van der Waals surface area contributed by atoms with E-state index in [4.69, 9.17) is 16.3 Å². The summed E-state index contributed by atoms with van der Waals surface area (Å²) in [5.74, 6) is -0.428. The number of halogens is 2. The maximum atomic E-state index is 14.1. The fourth-order valence-electron chi connectivity index (χ4n) is 4.61. The number of benzene rings is 1. The van der Waals surface area contributed by atoms with Crippen LogP contribution in [0.15, 0.2) is 59.8 Å². The zero-order valence-corrected chi connectivity index (χ0v) is 20.4. The minimum absolute atomic E-state index is 0.179. The second-order valence-corrected chi connectivity index (χ2v) is 9.47. The van der Waals surface area contributed by atoms with E-state index in [9.17, 15) is 9.18 Å². The number of nitrogens with zero attached hydrogens (tertiary/aromatic N) is 4. The van der Waals surface area contributed by atoms with Gasteiger partial charge in [0.25, 0.3) is 5.56 Å². The Hall–Kier alpha value is -3.20. The molecule has 4 aromatic rings. The van der Waals surface area contributed by atoms with Crippen LogP contribution in [0.2, 0.25) is 5.02 Å². The lowest BCUT2D eigenvalue weighted by molar-refractivity contribution is 0.122. The first-order chi connectivity index (χ1) is 16.9. The molecular weight excluding hydrogens is 469 g/mol. The molecule has 7 nitrogen and oxygen atoms in total. The van der Waals surface area contributed by atoms with Crippen molar-refractivity contribution in [2.24, 2.45) is 0 Å². The number of hydrogen-bond donors (Lipinski definition) is 1. The Labute approximate surface area is 207 Å². The summed E-state index contributed by atoms with van der Waals surface area (Å²) in [4.78, 5) is 25.3. The first kappa shape index (κ1) is 23.5. The molecule has 4 heterocycles. The van der Waals surface area contributed by atoms with Crippen LogP contribution in [0.5, 0.6) is 0 Å². The highest BCUT2D eigenvalue weighted by Crippen LogP contribution is 2.31. The fourth-order valence-corrected chi connectivity index (χ4v) is 4.84. The zero-order valence-electron chi connectivity index (χ0n) is 19.7. The van der Waals surface area contributed by atoms with Crippen LogP contribution in [0, 0.1) is 5.82 Å². The minimum Gasteiger partial charge on any atom is -0.378 e. The van der Waals surface area contributed by atoms with E-state index in [-0.39, 0.29) is 5.56 Å². The Morgan fingerprint density at radius 3 is 2.71 bits per heavy atom. The molecule has 0 amide bonds. The monoisotopic (exact) mass is 495 g/mol. The lowest BCUT2D eigenvalue weighted by Gasteiger charge is -2.28. The van der Waals surface area contributed by atoms with E-state index in [1.807, 2.05) is 37.5 Å². The number of hydrogen-bond acceptors (Lipinski definition) is 5. The first-order valence-electron chi connectivity index (χ1n) is 11.5. The van der Waals surface area contributed by atoms with Gasteiger partial charge in [-0.3, -0.25) is 4.79 Å². The third-order valence-electron chi connectivity index (χ3n) is 6.30. The van der Waals surface area contributed by atoms with E-state index in [0.29, 0.717) is 30.3 Å². The summed E-state index contributed by atoms with van der Waals surface area (Å²) in [6.45, 7) is 3.54. The van der Waals surface area contributed by atoms with Gasteiger partial charge in [0.2, 0.25) is 0 Å². The average Bonchev–Trinajstić information content (AvgIpc) is 3.26. The third kappa shape index (κ3) is 4.96. The maximum absolute atomic E-state index is 14.1. The Morgan fingerprint density at radius 2 is 2.00 bits per heavy atom. The van der Waals surface area contributed by atoms with Crippen LogP contribution < -0.4 is 10.5 Å². The van der Waals surface area contributed by atoms with Gasteiger partial charge >= 0.3 is 0 Å². The molecule has 1 aromatic carbocycles. The molecule has 35 heavy (non-hydrogen) atoms. The number of fused-ring (bicyclic) bond motifs is 1. The van der Waals surface area contributed by atoms with Crippen molar-refractivity contribution in [3.63, 3.8) is 0 Å². The predicted octanol–water partition coefficient (Wildman–Crippen LogP) is 4.17. The van der Waals surface area contributed by atoms with Gasteiger partial charge in [-0.15, -0.1) is 0 Å². The van der Waals surface area contributed by atoms with E-state index in [1.165, 1.54) is 12.1 Å². The summed E-state index contributed by atoms with van der Waals surface area (Å²) < 4.78 is 21.2. The van der Waals surface area contributed by atoms with Crippen molar-refractivity contribution in [2.45, 2.75) is 6.04 Å². The number of likely N-dealkylation sites (N-methyl/N-ethyl adjacent to an activating group) is 1. The van der Waals surface area contributed by atoms with Crippen LogP contribution in [0.1, 0.15) is 11.6 Å². The van der Waals surface area contributed by atoms with Crippen molar-refractivity contribution in [1.82, 2.24) is 19.4 Å². The summed E-state index contributed by atoms with van der Waals surface area (Å²) in [7, 11) is 3.83. The molecule has 3 aromatic heterocycles. The largest absolute Gasteiger partial charge is 0.378 e. The van der Waals surface area contributed by atoms with Crippen LogP contribution in [0.3, 0.4) is 0 Å². The van der Waals surface area contributed by atoms with Gasteiger partial charge in [-0.05, 0) is 55.6 Å². The Kier molecular flexibility index (Phi) is 6.60. The van der Waals surface area contributed by atoms with Gasteiger partial charge in [-0.2, -0.15) is 0 Å². The van der Waals surface area contributed by atoms with Gasteiger partial charge < -0.3 is 24.1 Å². The number of anilines is 1. The van der Waals surface area contributed by atoms with Gasteiger partial charge in [0.1, 0.15) is 11.5 Å². The predicted molar refractivity (Wildman–Crippen MR) is 137 cm³/mol. The molecule has 0 unspecified atom stereocenters. The molecule has 0 radical (unpaired) electrons. The molecule has 5 rings (SSSR count). The summed E-state index contributed by atoms with van der Waals surface area (Å²) >= 11 is 6.11. The number of rotatable bonds is 6. The van der Waals surface area contributed by atoms with Crippen LogP contribution in [-0.4, -0.2) is 66.4 Å². The smallest absolute Gasteiger partial charge is 0.251 e. The Morgan fingerprint density at radius 1 is 1.20 bits per heavy atom. The van der Waals surface area contributed by atoms with Crippen molar-refractivity contribution in [2.75, 3.05) is 51.8 Å². The molecule has 0 spiro atoms. The van der Waals surface area contributed by atoms with Crippen LogP contribution in [0.25, 0.3) is 22.2 Å². The van der Waals surface area contributed by atoms with Gasteiger partial charge in [0, 0.05) is 54.1 Å². The van der Waals surface area contributed by atoms with Crippen LogP contribution in [-0.2, 0) is 4.74 Å². The van der Waals surface area contributed by atoms with E-state index in [2.05, 4.69) is 20.9 Å². The van der Waals surface area contributed by atoms with Crippen LogP contribution >= 0.6 is 11.6 Å². The third-order valence-corrected chi connectivity index (χ3v) is 6.51. The molecule has 0 bridgehead atoms. The molecule has 1 atom stereocenters. The Bertz CT molecular complexity index is 1390. The molecule has 9 heteroatoms. The molecule has 1 aliphatic heterocycles. The van der Waals surface area contributed by atoms with E-state index in [0.717, 1.165) is 40.9 Å². The molecule has 1 saturated heterocycles. The number of aromatic amines is 1. The molecule has 1 N–H and O–H groups in total. The van der Waals surface area contributed by atoms with Gasteiger partial charge in [-0.1, -0.05) is 11.6 Å². The topological polar surface area (TPSA) is 66.4 Å². The lowest BCUT2D eigenvalue weighted by Crippen LogP contribution is -2.36. The van der Waals surface area contributed by atoms with E-state index < -0.39 is 11.9 Å². The average molecular weight is 496 g/mol. The summed E-state index contributed by atoms with van der Waals surface area (Å²) in [6, 6.07) is 9.64. The highest BCUT2D eigenvalue weighted by molar-refractivity contribution is 6.30. The highest BCUT2D eigenvalue weighted by Gasteiger charge is 2.19. The van der Waals surface area contributed by atoms with Crippen LogP contribution in [0.4, 0.5) is 10.1 Å². The van der Waals surface area contributed by atoms with Crippen molar-refractivity contribution in [3.05, 3.63) is 81.7 Å². The molecular formula is C26H27ClFN5O2. The summed E-state index contributed by atoms with van der Waals surface area (Å²) in [6.07, 6.45) is 5.51. The van der Waals surface area contributed by atoms with E-state index >= 15 is 0 Å². The second-order valence-electron chi connectivity index (χ2n) is 9.03. The normalized spacial score (nSPS) is 15.2. The summed E-state index contributed by atoms with van der Waals surface area (Å²) in [5.41, 5.74) is 3.96. The molecule has 1 fully saturated rings. The van der Waals surface area contributed by atoms with E-state index in [1.54, 1.807) is 22.9 Å². The SMILES string of the molecule is CN(C)C[C@H](c1cc(F)cc(Cl)c1)n1ccc(-c2c[nH]c3ncc(N4CCOCC4)cc23)cc1=O. The standard InChI is InChI=1S/C26H27ClFN5O2/c1-31(2)16-24(18-9-19(27)12-20(28)10-18)33-4-3-17(11-25(33)34)23-15-30-26-22(23)13-21(14-29-26)32-5-7-35-8-6-32/h3-4,9-15,24H,5-8,16H2,1-2H3,(H,29,30)/t24-/m1/s1. The van der Waals surface area contributed by atoms with Crippen molar-refractivity contribution in [1.29, 1.82) is 0 Å². The number of aromatic nitrogens is 3. The summed E-state index contributed by atoms with van der Waals surface area (Å²) in [5, 5.41) is 1.25. The molecule has 0 aliphatic carbocycles. The fraction of sp³-hybridized carbons (Fsp3) is 0.308. The first-order valence-corrected chi connectivity index (χ1v) is 11.9. The number of morpholine rings is 1. The van der Waals surface area contributed by atoms with Crippen molar-refractivity contribution in [3.8, 4) is 11.1 Å². The molecule has 182 valence electrons. The quantitative estimate of drug-likeness (QED) is 0.435. The van der Waals surface area contributed by atoms with Gasteiger partial charge in [0.15, 0.2) is 0 Å². The zero-order chi connectivity index (χ0) is 24.5. The van der Waals surface area contributed by atoms with Crippen molar-refractivity contribution >= 4 is 28.3 Å². The Balaban J connectivity index is 1.53. The minimum atomic E-state index is -0.428. The maximum Gasteiger partial charge on any atom is 0.251 e. The van der Waals surface area contributed by atoms with Gasteiger partial charge in [0.05, 0.1) is 31.1 Å². The van der Waals surface area contributed by atoms with Crippen molar-refractivity contribution < 1.29 is 9.13 Å². The number of pyridine rings is 2. The number of H-pyrrole nitrogens is 1. The molecule has 1 aliphatic rings. The number of nitrogens with one attached hydrogen (secondary N) is 1. The number of ether oxygens (including phenoxy) is 1. The lowest BCUT2D eigenvalue weighted by atomic mass is 10.0.